The summed E-state index contributed by atoms with van der Waals surface area (Å²) in [6.07, 6.45) is 3.65. The number of carbonyl (C=O) groups is 2. The molecule has 0 amide bonds. The fraction of sp³-hybridized carbons (Fsp3) is 0.882. The van der Waals surface area contributed by atoms with Crippen molar-refractivity contribution >= 4 is 11.9 Å². The first-order valence-electron chi connectivity index (χ1n) is 8.06. The number of hydrogen-bond acceptors (Lipinski definition) is 3. The summed E-state index contributed by atoms with van der Waals surface area (Å²) >= 11 is 0. The van der Waals surface area contributed by atoms with E-state index in [9.17, 15) is 14.7 Å². The molecule has 0 bridgehead atoms. The van der Waals surface area contributed by atoms with Crippen LogP contribution in [0.2, 0.25) is 0 Å². The first kappa shape index (κ1) is 18.0. The van der Waals surface area contributed by atoms with Crippen LogP contribution in [0.1, 0.15) is 66.7 Å². The van der Waals surface area contributed by atoms with Crippen molar-refractivity contribution in [1.29, 1.82) is 0 Å². The van der Waals surface area contributed by atoms with Crippen molar-refractivity contribution in [2.45, 2.75) is 72.8 Å². The number of ether oxygens (including phenoxy) is 1. The third-order valence-electron chi connectivity index (χ3n) is 4.30. The second-order valence-corrected chi connectivity index (χ2v) is 7.76. The van der Waals surface area contributed by atoms with Gasteiger partial charge in [0.1, 0.15) is 6.10 Å². The lowest BCUT2D eigenvalue weighted by Crippen LogP contribution is -2.39. The molecule has 0 spiro atoms. The van der Waals surface area contributed by atoms with Crippen molar-refractivity contribution in [2.24, 2.45) is 23.2 Å². The summed E-state index contributed by atoms with van der Waals surface area (Å²) in [6.45, 7) is 10.4. The summed E-state index contributed by atoms with van der Waals surface area (Å²) in [5.41, 5.74) is -0.132. The molecule has 0 aliphatic heterocycles. The smallest absolute Gasteiger partial charge is 0.310 e. The van der Waals surface area contributed by atoms with Crippen LogP contribution in [0.5, 0.6) is 0 Å². The Bertz CT molecular complexity index is 367. The van der Waals surface area contributed by atoms with Gasteiger partial charge in [0.05, 0.1) is 11.8 Å². The Morgan fingerprint density at radius 3 is 2.10 bits per heavy atom. The second kappa shape index (κ2) is 7.28. The van der Waals surface area contributed by atoms with Crippen LogP contribution in [-0.4, -0.2) is 23.1 Å². The number of rotatable bonds is 5. The largest absolute Gasteiger partial charge is 0.481 e. The number of carboxylic acids is 1. The van der Waals surface area contributed by atoms with Crippen molar-refractivity contribution in [2.75, 3.05) is 0 Å². The molecule has 4 nitrogen and oxygen atoms in total. The van der Waals surface area contributed by atoms with Crippen LogP contribution in [0.15, 0.2) is 0 Å². The highest BCUT2D eigenvalue weighted by atomic mass is 16.5. The van der Waals surface area contributed by atoms with Gasteiger partial charge in [-0.1, -0.05) is 47.5 Å². The lowest BCUT2D eigenvalue weighted by atomic mass is 9.79. The normalized spacial score (nSPS) is 24.7. The Hall–Kier alpha value is -1.06. The quantitative estimate of drug-likeness (QED) is 0.782. The third kappa shape index (κ3) is 5.33. The Kier molecular flexibility index (Phi) is 6.24. The van der Waals surface area contributed by atoms with E-state index >= 15 is 0 Å². The first-order chi connectivity index (χ1) is 9.62. The fourth-order valence-corrected chi connectivity index (χ4v) is 2.94. The van der Waals surface area contributed by atoms with Gasteiger partial charge in [-0.15, -0.1) is 0 Å². The standard InChI is InChI=1S/C17H30O4/c1-11(2)10-14(17(3,4)5)21-16(20)13-9-7-6-8-12(13)15(18)19/h11-14H,6-10H2,1-5H3,(H,18,19). The monoisotopic (exact) mass is 298 g/mol. The fourth-order valence-electron chi connectivity index (χ4n) is 2.94. The zero-order chi connectivity index (χ0) is 16.2. The van der Waals surface area contributed by atoms with E-state index in [1.807, 2.05) is 0 Å². The maximum atomic E-state index is 12.5. The van der Waals surface area contributed by atoms with Crippen LogP contribution in [0.3, 0.4) is 0 Å². The Morgan fingerprint density at radius 1 is 1.14 bits per heavy atom. The van der Waals surface area contributed by atoms with E-state index in [1.54, 1.807) is 0 Å². The molecule has 1 saturated carbocycles. The van der Waals surface area contributed by atoms with Crippen LogP contribution >= 0.6 is 0 Å². The van der Waals surface area contributed by atoms with Gasteiger partial charge in [-0.25, -0.2) is 0 Å². The van der Waals surface area contributed by atoms with E-state index in [2.05, 4.69) is 34.6 Å². The highest BCUT2D eigenvalue weighted by Crippen LogP contribution is 2.34. The SMILES string of the molecule is CC(C)CC(OC(=O)C1CCCCC1C(=O)O)C(C)(C)C. The highest BCUT2D eigenvalue weighted by Gasteiger charge is 2.39. The molecule has 0 aromatic heterocycles. The summed E-state index contributed by atoms with van der Waals surface area (Å²) in [7, 11) is 0. The van der Waals surface area contributed by atoms with Crippen molar-refractivity contribution < 1.29 is 19.4 Å². The lowest BCUT2D eigenvalue weighted by molar-refractivity contribution is -0.169. The lowest BCUT2D eigenvalue weighted by Gasteiger charge is -2.34. The minimum absolute atomic E-state index is 0.132. The molecule has 0 radical (unpaired) electrons. The van der Waals surface area contributed by atoms with E-state index in [0.29, 0.717) is 18.8 Å². The van der Waals surface area contributed by atoms with Gasteiger partial charge in [-0.05, 0) is 30.6 Å². The topological polar surface area (TPSA) is 63.6 Å². The van der Waals surface area contributed by atoms with Crippen LogP contribution in [0.4, 0.5) is 0 Å². The zero-order valence-corrected chi connectivity index (χ0v) is 14.0. The molecular formula is C17H30O4. The number of aliphatic carboxylic acids is 1. The van der Waals surface area contributed by atoms with E-state index in [1.165, 1.54) is 0 Å². The Balaban J connectivity index is 2.77. The first-order valence-corrected chi connectivity index (χ1v) is 8.06. The van der Waals surface area contributed by atoms with Gasteiger partial charge in [0.25, 0.3) is 0 Å². The van der Waals surface area contributed by atoms with Crippen molar-refractivity contribution in [3.63, 3.8) is 0 Å². The molecule has 3 unspecified atom stereocenters. The molecule has 122 valence electrons. The molecule has 0 heterocycles. The minimum Gasteiger partial charge on any atom is -0.481 e. The Labute approximate surface area is 128 Å². The van der Waals surface area contributed by atoms with Gasteiger partial charge < -0.3 is 9.84 Å². The molecule has 1 aliphatic carbocycles. The molecule has 1 aliphatic rings. The molecule has 4 heteroatoms. The predicted octanol–water partition coefficient (Wildman–Crippen LogP) is 3.88. The summed E-state index contributed by atoms with van der Waals surface area (Å²) in [6, 6.07) is 0. The van der Waals surface area contributed by atoms with Gasteiger partial charge in [0, 0.05) is 0 Å². The molecule has 21 heavy (non-hydrogen) atoms. The Morgan fingerprint density at radius 2 is 1.67 bits per heavy atom. The maximum absolute atomic E-state index is 12.5. The number of esters is 1. The van der Waals surface area contributed by atoms with Gasteiger partial charge in [0.15, 0.2) is 0 Å². The molecule has 1 N–H and O–H groups in total. The van der Waals surface area contributed by atoms with E-state index in [4.69, 9.17) is 4.74 Å². The number of carboxylic acid groups (broad SMARTS) is 1. The molecule has 0 aromatic carbocycles. The summed E-state index contributed by atoms with van der Waals surface area (Å²) in [4.78, 5) is 23.8. The molecular weight excluding hydrogens is 268 g/mol. The number of hydrogen-bond donors (Lipinski definition) is 1. The number of carbonyl (C=O) groups excluding carboxylic acids is 1. The predicted molar refractivity (Wildman–Crippen MR) is 81.9 cm³/mol. The average Bonchev–Trinajstić information content (AvgIpc) is 2.36. The highest BCUT2D eigenvalue weighted by molar-refractivity contribution is 5.81. The van der Waals surface area contributed by atoms with Gasteiger partial charge >= 0.3 is 11.9 Å². The molecule has 3 atom stereocenters. The van der Waals surface area contributed by atoms with Crippen LogP contribution in [0.25, 0.3) is 0 Å². The van der Waals surface area contributed by atoms with Crippen LogP contribution in [0, 0.1) is 23.2 Å². The minimum atomic E-state index is -0.868. The van der Waals surface area contributed by atoms with E-state index in [-0.39, 0.29) is 17.5 Å². The molecule has 0 saturated heterocycles. The van der Waals surface area contributed by atoms with Crippen molar-refractivity contribution in [3.8, 4) is 0 Å². The third-order valence-corrected chi connectivity index (χ3v) is 4.30. The van der Waals surface area contributed by atoms with Gasteiger partial charge in [-0.3, -0.25) is 9.59 Å². The molecule has 0 aromatic rings. The van der Waals surface area contributed by atoms with Crippen LogP contribution < -0.4 is 0 Å². The van der Waals surface area contributed by atoms with Gasteiger partial charge in [0.2, 0.25) is 0 Å². The van der Waals surface area contributed by atoms with E-state index < -0.39 is 17.8 Å². The average molecular weight is 298 g/mol. The maximum Gasteiger partial charge on any atom is 0.310 e. The second-order valence-electron chi connectivity index (χ2n) is 7.76. The molecule has 1 fully saturated rings. The molecule has 1 rings (SSSR count). The van der Waals surface area contributed by atoms with Crippen molar-refractivity contribution in [1.82, 2.24) is 0 Å². The summed E-state index contributed by atoms with van der Waals surface area (Å²) in [5, 5.41) is 9.29. The van der Waals surface area contributed by atoms with E-state index in [0.717, 1.165) is 19.3 Å². The van der Waals surface area contributed by atoms with Crippen LogP contribution in [-0.2, 0) is 14.3 Å². The summed E-state index contributed by atoms with van der Waals surface area (Å²) in [5.74, 6) is -1.81. The van der Waals surface area contributed by atoms with Gasteiger partial charge in [-0.2, -0.15) is 0 Å². The van der Waals surface area contributed by atoms with Crippen molar-refractivity contribution in [3.05, 3.63) is 0 Å². The zero-order valence-electron chi connectivity index (χ0n) is 14.0. The summed E-state index contributed by atoms with van der Waals surface area (Å²) < 4.78 is 5.74.